The summed E-state index contributed by atoms with van der Waals surface area (Å²) < 4.78 is 0. The van der Waals surface area contributed by atoms with Crippen LogP contribution in [0.4, 0.5) is 5.69 Å². The quantitative estimate of drug-likeness (QED) is 0.889. The molecule has 2 aromatic carbocycles. The first-order valence-electron chi connectivity index (χ1n) is 8.49. The fourth-order valence-electron chi connectivity index (χ4n) is 3.59. The average Bonchev–Trinajstić information content (AvgIpc) is 2.59. The van der Waals surface area contributed by atoms with Crippen LogP contribution in [-0.4, -0.2) is 29.4 Å². The molecule has 3 rings (SSSR count). The third-order valence-electron chi connectivity index (χ3n) is 5.03. The standard InChI is InChI=1S/C20H25N3O/c1-16-14-23(15-17-8-4-2-5-9-17)13-12-20(16,19(21)24)22-18-10-6-3-7-11-18/h2-11,16,22H,12-15H2,1H3,(H2,21,24). The summed E-state index contributed by atoms with van der Waals surface area (Å²) in [7, 11) is 0. The molecular weight excluding hydrogens is 298 g/mol. The number of hydrogen-bond acceptors (Lipinski definition) is 3. The van der Waals surface area contributed by atoms with Gasteiger partial charge in [-0.2, -0.15) is 0 Å². The van der Waals surface area contributed by atoms with E-state index < -0.39 is 5.54 Å². The van der Waals surface area contributed by atoms with Crippen molar-refractivity contribution in [1.82, 2.24) is 4.90 Å². The van der Waals surface area contributed by atoms with Crippen LogP contribution in [0.25, 0.3) is 0 Å². The van der Waals surface area contributed by atoms with Gasteiger partial charge in [0.25, 0.3) is 0 Å². The third kappa shape index (κ3) is 3.44. The maximum Gasteiger partial charge on any atom is 0.243 e. The zero-order valence-electron chi connectivity index (χ0n) is 14.1. The van der Waals surface area contributed by atoms with Crippen LogP contribution < -0.4 is 11.1 Å². The summed E-state index contributed by atoms with van der Waals surface area (Å²) in [6, 6.07) is 20.3. The van der Waals surface area contributed by atoms with E-state index in [1.165, 1.54) is 5.56 Å². The number of nitrogens with zero attached hydrogens (tertiary/aromatic N) is 1. The number of nitrogens with one attached hydrogen (secondary N) is 1. The van der Waals surface area contributed by atoms with Gasteiger partial charge in [0.1, 0.15) is 5.54 Å². The summed E-state index contributed by atoms with van der Waals surface area (Å²) >= 11 is 0. The zero-order chi connectivity index (χ0) is 17.0. The molecule has 3 N–H and O–H groups in total. The van der Waals surface area contributed by atoms with E-state index in [4.69, 9.17) is 5.73 Å². The number of likely N-dealkylation sites (tertiary alicyclic amines) is 1. The van der Waals surface area contributed by atoms with E-state index in [-0.39, 0.29) is 11.8 Å². The Kier molecular flexibility index (Phi) is 4.86. The first-order valence-corrected chi connectivity index (χ1v) is 8.49. The van der Waals surface area contributed by atoms with E-state index in [2.05, 4.69) is 41.4 Å². The van der Waals surface area contributed by atoms with Gasteiger partial charge in [-0.1, -0.05) is 55.5 Å². The average molecular weight is 323 g/mol. The lowest BCUT2D eigenvalue weighted by Gasteiger charge is -2.45. The molecule has 2 atom stereocenters. The molecule has 24 heavy (non-hydrogen) atoms. The normalized spacial score (nSPS) is 24.5. The lowest BCUT2D eigenvalue weighted by molar-refractivity contribution is -0.125. The number of hydrogen-bond donors (Lipinski definition) is 2. The molecule has 2 aromatic rings. The zero-order valence-corrected chi connectivity index (χ0v) is 14.1. The number of nitrogens with two attached hydrogens (primary N) is 1. The Labute approximate surface area is 143 Å². The summed E-state index contributed by atoms with van der Waals surface area (Å²) in [4.78, 5) is 14.7. The highest BCUT2D eigenvalue weighted by molar-refractivity contribution is 5.88. The number of primary amides is 1. The van der Waals surface area contributed by atoms with Crippen molar-refractivity contribution in [2.75, 3.05) is 18.4 Å². The maximum absolute atomic E-state index is 12.3. The second-order valence-electron chi connectivity index (χ2n) is 6.70. The van der Waals surface area contributed by atoms with E-state index in [1.54, 1.807) is 0 Å². The Morgan fingerprint density at radius 1 is 1.17 bits per heavy atom. The first kappa shape index (κ1) is 16.5. The summed E-state index contributed by atoms with van der Waals surface area (Å²) in [5.74, 6) is -0.133. The number of para-hydroxylation sites is 1. The van der Waals surface area contributed by atoms with Crippen LogP contribution >= 0.6 is 0 Å². The fourth-order valence-corrected chi connectivity index (χ4v) is 3.59. The van der Waals surface area contributed by atoms with Gasteiger partial charge in [-0.3, -0.25) is 9.69 Å². The van der Waals surface area contributed by atoms with Gasteiger partial charge < -0.3 is 11.1 Å². The molecule has 0 saturated carbocycles. The van der Waals surface area contributed by atoms with Crippen molar-refractivity contribution >= 4 is 11.6 Å². The van der Waals surface area contributed by atoms with Crippen LogP contribution in [0.2, 0.25) is 0 Å². The molecule has 1 amide bonds. The minimum Gasteiger partial charge on any atom is -0.371 e. The Morgan fingerprint density at radius 3 is 2.38 bits per heavy atom. The van der Waals surface area contributed by atoms with E-state index in [0.29, 0.717) is 6.42 Å². The number of carbonyl (C=O) groups is 1. The molecule has 0 spiro atoms. The molecule has 0 bridgehead atoms. The number of carbonyl (C=O) groups excluding carboxylic acids is 1. The molecule has 1 aliphatic heterocycles. The molecule has 1 aliphatic rings. The number of amides is 1. The topological polar surface area (TPSA) is 58.4 Å². The monoisotopic (exact) mass is 323 g/mol. The summed E-state index contributed by atoms with van der Waals surface area (Å²) in [5, 5.41) is 3.43. The number of piperidine rings is 1. The molecule has 126 valence electrons. The van der Waals surface area contributed by atoms with Crippen LogP contribution in [-0.2, 0) is 11.3 Å². The van der Waals surface area contributed by atoms with Gasteiger partial charge in [0.05, 0.1) is 0 Å². The Hall–Kier alpha value is -2.33. The summed E-state index contributed by atoms with van der Waals surface area (Å²) in [5.41, 5.74) is 7.38. The van der Waals surface area contributed by atoms with Crippen molar-refractivity contribution in [3.05, 3.63) is 66.2 Å². The number of anilines is 1. The highest BCUT2D eigenvalue weighted by atomic mass is 16.1. The lowest BCUT2D eigenvalue weighted by atomic mass is 9.77. The van der Waals surface area contributed by atoms with Crippen molar-refractivity contribution in [3.63, 3.8) is 0 Å². The van der Waals surface area contributed by atoms with Gasteiger partial charge in [0, 0.05) is 31.2 Å². The van der Waals surface area contributed by atoms with Gasteiger partial charge in [-0.05, 0) is 24.1 Å². The second kappa shape index (κ2) is 7.05. The summed E-state index contributed by atoms with van der Waals surface area (Å²) in [6.07, 6.45) is 0.714. The van der Waals surface area contributed by atoms with Crippen molar-refractivity contribution in [2.45, 2.75) is 25.4 Å². The maximum atomic E-state index is 12.3. The van der Waals surface area contributed by atoms with Crippen LogP contribution in [0.1, 0.15) is 18.9 Å². The van der Waals surface area contributed by atoms with Gasteiger partial charge in [0.15, 0.2) is 0 Å². The number of benzene rings is 2. The van der Waals surface area contributed by atoms with Crippen LogP contribution in [0, 0.1) is 5.92 Å². The first-order chi connectivity index (χ1) is 11.6. The molecule has 4 heteroatoms. The molecule has 0 aliphatic carbocycles. The van der Waals surface area contributed by atoms with Crippen LogP contribution in [0.15, 0.2) is 60.7 Å². The van der Waals surface area contributed by atoms with E-state index in [9.17, 15) is 4.79 Å². The predicted molar refractivity (Wildman–Crippen MR) is 97.5 cm³/mol. The van der Waals surface area contributed by atoms with Crippen molar-refractivity contribution in [2.24, 2.45) is 11.7 Å². The SMILES string of the molecule is CC1CN(Cc2ccccc2)CCC1(Nc1ccccc1)C(N)=O. The van der Waals surface area contributed by atoms with Crippen molar-refractivity contribution in [3.8, 4) is 0 Å². The van der Waals surface area contributed by atoms with Gasteiger partial charge in [-0.15, -0.1) is 0 Å². The second-order valence-corrected chi connectivity index (χ2v) is 6.70. The Bertz CT molecular complexity index is 674. The van der Waals surface area contributed by atoms with Gasteiger partial charge in [-0.25, -0.2) is 0 Å². The van der Waals surface area contributed by atoms with Crippen LogP contribution in [0.5, 0.6) is 0 Å². The van der Waals surface area contributed by atoms with Gasteiger partial charge in [0.2, 0.25) is 5.91 Å². The molecule has 0 aromatic heterocycles. The van der Waals surface area contributed by atoms with Crippen molar-refractivity contribution < 1.29 is 4.79 Å². The Balaban J connectivity index is 1.72. The van der Waals surface area contributed by atoms with E-state index in [0.717, 1.165) is 25.3 Å². The molecule has 1 fully saturated rings. The molecule has 1 heterocycles. The number of rotatable bonds is 5. The van der Waals surface area contributed by atoms with Crippen molar-refractivity contribution in [1.29, 1.82) is 0 Å². The fraction of sp³-hybridized carbons (Fsp3) is 0.350. The molecule has 0 radical (unpaired) electrons. The summed E-state index contributed by atoms with van der Waals surface area (Å²) in [6.45, 7) is 4.71. The minimum absolute atomic E-state index is 0.132. The smallest absolute Gasteiger partial charge is 0.243 e. The molecule has 4 nitrogen and oxygen atoms in total. The van der Waals surface area contributed by atoms with E-state index in [1.807, 2.05) is 36.4 Å². The molecule has 1 saturated heterocycles. The lowest BCUT2D eigenvalue weighted by Crippen LogP contribution is -2.62. The van der Waals surface area contributed by atoms with Crippen LogP contribution in [0.3, 0.4) is 0 Å². The highest BCUT2D eigenvalue weighted by Crippen LogP contribution is 2.32. The largest absolute Gasteiger partial charge is 0.371 e. The predicted octanol–water partition coefficient (Wildman–Crippen LogP) is 2.86. The highest BCUT2D eigenvalue weighted by Gasteiger charge is 2.45. The third-order valence-corrected chi connectivity index (χ3v) is 5.03. The van der Waals surface area contributed by atoms with Gasteiger partial charge >= 0.3 is 0 Å². The van der Waals surface area contributed by atoms with E-state index >= 15 is 0 Å². The Morgan fingerprint density at radius 2 is 1.79 bits per heavy atom. The minimum atomic E-state index is -0.686. The molecular formula is C20H25N3O. The molecule has 2 unspecified atom stereocenters.